The van der Waals surface area contributed by atoms with Crippen LogP contribution in [0.4, 0.5) is 0 Å². The van der Waals surface area contributed by atoms with Crippen molar-refractivity contribution >= 4 is 5.78 Å². The van der Waals surface area contributed by atoms with Gasteiger partial charge in [-0.15, -0.1) is 0 Å². The summed E-state index contributed by atoms with van der Waals surface area (Å²) in [6, 6.07) is 0.0856. The van der Waals surface area contributed by atoms with Crippen LogP contribution in [-0.2, 0) is 4.79 Å². The second-order valence-corrected chi connectivity index (χ2v) is 4.72. The molecule has 2 heteroatoms. The van der Waals surface area contributed by atoms with E-state index >= 15 is 0 Å². The predicted octanol–water partition coefficient (Wildman–Crippen LogP) is 2.19. The Balaban J connectivity index is 4.29. The zero-order valence-corrected chi connectivity index (χ0v) is 9.79. The van der Waals surface area contributed by atoms with E-state index in [9.17, 15) is 4.79 Å². The maximum atomic E-state index is 11.8. The smallest absolute Gasteiger partial charge is 0.150 e. The molecule has 0 aliphatic rings. The minimum absolute atomic E-state index is 0.0856. The third kappa shape index (κ3) is 4.41. The maximum absolute atomic E-state index is 11.8. The summed E-state index contributed by atoms with van der Waals surface area (Å²) in [7, 11) is 3.95. The van der Waals surface area contributed by atoms with Crippen molar-refractivity contribution in [3.63, 3.8) is 0 Å². The van der Waals surface area contributed by atoms with Crippen LogP contribution in [0.2, 0.25) is 0 Å². The molecule has 0 bridgehead atoms. The van der Waals surface area contributed by atoms with Crippen molar-refractivity contribution < 1.29 is 4.79 Å². The quantitative estimate of drug-likeness (QED) is 0.654. The zero-order chi connectivity index (χ0) is 10.6. The largest absolute Gasteiger partial charge is 0.300 e. The van der Waals surface area contributed by atoms with Gasteiger partial charge in [0.1, 0.15) is 5.78 Å². The molecule has 0 saturated carbocycles. The van der Waals surface area contributed by atoms with Crippen LogP contribution in [0.5, 0.6) is 0 Å². The van der Waals surface area contributed by atoms with Crippen LogP contribution in [0.25, 0.3) is 0 Å². The van der Waals surface area contributed by atoms with Gasteiger partial charge in [-0.2, -0.15) is 0 Å². The summed E-state index contributed by atoms with van der Waals surface area (Å²) in [6.07, 6.45) is 0.695. The minimum Gasteiger partial charge on any atom is -0.300 e. The van der Waals surface area contributed by atoms with Gasteiger partial charge in [-0.05, 0) is 25.9 Å². The molecule has 0 rings (SSSR count). The van der Waals surface area contributed by atoms with Crippen molar-refractivity contribution in [1.29, 1.82) is 0 Å². The van der Waals surface area contributed by atoms with Gasteiger partial charge in [0.15, 0.2) is 0 Å². The van der Waals surface area contributed by atoms with Crippen LogP contribution in [-0.4, -0.2) is 30.8 Å². The van der Waals surface area contributed by atoms with E-state index in [1.807, 2.05) is 19.0 Å². The third-order valence-corrected chi connectivity index (χ3v) is 2.13. The summed E-state index contributed by atoms with van der Waals surface area (Å²) in [5.74, 6) is 1.24. The van der Waals surface area contributed by atoms with E-state index < -0.39 is 0 Å². The van der Waals surface area contributed by atoms with Crippen molar-refractivity contribution in [2.45, 2.75) is 40.2 Å². The monoisotopic (exact) mass is 185 g/mol. The lowest BCUT2D eigenvalue weighted by atomic mass is 9.93. The number of ketones is 1. The molecule has 0 N–H and O–H groups in total. The van der Waals surface area contributed by atoms with E-state index in [2.05, 4.69) is 27.7 Å². The van der Waals surface area contributed by atoms with Crippen molar-refractivity contribution in [3.8, 4) is 0 Å². The normalized spacial score (nSPS) is 14.2. The lowest BCUT2D eigenvalue weighted by Crippen LogP contribution is -2.40. The van der Waals surface area contributed by atoms with Gasteiger partial charge in [0, 0.05) is 6.42 Å². The fraction of sp³-hybridized carbons (Fsp3) is 0.909. The summed E-state index contributed by atoms with van der Waals surface area (Å²) in [6.45, 7) is 8.38. The van der Waals surface area contributed by atoms with Crippen LogP contribution >= 0.6 is 0 Å². The lowest BCUT2D eigenvalue weighted by Gasteiger charge is -2.27. The Labute approximate surface area is 82.3 Å². The minimum atomic E-state index is 0.0856. The summed E-state index contributed by atoms with van der Waals surface area (Å²) in [5.41, 5.74) is 0. The molecule has 0 unspecified atom stereocenters. The summed E-state index contributed by atoms with van der Waals surface area (Å²) >= 11 is 0. The Morgan fingerprint density at radius 2 is 1.62 bits per heavy atom. The molecule has 0 aromatic rings. The number of nitrogens with zero attached hydrogens (tertiary/aromatic N) is 1. The number of Topliss-reactive ketones (excluding diaryl/α,β-unsaturated/α-hetero) is 1. The van der Waals surface area contributed by atoms with Crippen molar-refractivity contribution in [1.82, 2.24) is 4.90 Å². The first-order chi connectivity index (χ1) is 5.86. The Kier molecular flexibility index (Phi) is 5.23. The number of hydrogen-bond donors (Lipinski definition) is 0. The molecule has 1 atom stereocenters. The molecule has 0 aliphatic heterocycles. The highest BCUT2D eigenvalue weighted by Crippen LogP contribution is 2.13. The number of rotatable bonds is 5. The van der Waals surface area contributed by atoms with Gasteiger partial charge in [-0.3, -0.25) is 9.69 Å². The lowest BCUT2D eigenvalue weighted by molar-refractivity contribution is -0.125. The second-order valence-electron chi connectivity index (χ2n) is 4.72. The Bertz CT molecular complexity index is 153. The molecule has 0 radical (unpaired) electrons. The molecule has 0 heterocycles. The number of likely N-dealkylation sites (N-methyl/N-ethyl adjacent to an activating group) is 1. The van der Waals surface area contributed by atoms with Crippen molar-refractivity contribution in [3.05, 3.63) is 0 Å². The molecule has 13 heavy (non-hydrogen) atoms. The first-order valence-corrected chi connectivity index (χ1v) is 5.05. The molecule has 0 aromatic carbocycles. The highest BCUT2D eigenvalue weighted by atomic mass is 16.1. The molecule has 78 valence electrons. The van der Waals surface area contributed by atoms with Crippen LogP contribution in [0.15, 0.2) is 0 Å². The van der Waals surface area contributed by atoms with Gasteiger partial charge in [-0.1, -0.05) is 27.7 Å². The topological polar surface area (TPSA) is 20.3 Å². The number of hydrogen-bond acceptors (Lipinski definition) is 2. The van der Waals surface area contributed by atoms with E-state index in [-0.39, 0.29) is 6.04 Å². The summed E-state index contributed by atoms with van der Waals surface area (Å²) in [4.78, 5) is 13.8. The average molecular weight is 185 g/mol. The van der Waals surface area contributed by atoms with Crippen LogP contribution < -0.4 is 0 Å². The average Bonchev–Trinajstić information content (AvgIpc) is 1.81. The number of carbonyl (C=O) groups is 1. The van der Waals surface area contributed by atoms with Crippen LogP contribution in [0.3, 0.4) is 0 Å². The molecular weight excluding hydrogens is 162 g/mol. The molecule has 0 amide bonds. The maximum Gasteiger partial charge on any atom is 0.150 e. The molecule has 0 aliphatic carbocycles. The predicted molar refractivity (Wildman–Crippen MR) is 56.8 cm³/mol. The SMILES string of the molecule is CC(C)CC(=O)[C@H](C(C)C)N(C)C. The Morgan fingerprint density at radius 1 is 1.15 bits per heavy atom. The highest BCUT2D eigenvalue weighted by Gasteiger charge is 2.24. The first-order valence-electron chi connectivity index (χ1n) is 5.05. The van der Waals surface area contributed by atoms with Gasteiger partial charge in [0.25, 0.3) is 0 Å². The van der Waals surface area contributed by atoms with E-state index in [0.29, 0.717) is 24.0 Å². The summed E-state index contributed by atoms with van der Waals surface area (Å²) < 4.78 is 0. The summed E-state index contributed by atoms with van der Waals surface area (Å²) in [5, 5.41) is 0. The molecule has 0 fully saturated rings. The van der Waals surface area contributed by atoms with Crippen LogP contribution in [0, 0.1) is 11.8 Å². The molecular formula is C11H23NO. The molecule has 2 nitrogen and oxygen atoms in total. The van der Waals surface area contributed by atoms with E-state index in [4.69, 9.17) is 0 Å². The van der Waals surface area contributed by atoms with Gasteiger partial charge < -0.3 is 0 Å². The van der Waals surface area contributed by atoms with Gasteiger partial charge in [0.05, 0.1) is 6.04 Å². The van der Waals surface area contributed by atoms with Gasteiger partial charge in [0.2, 0.25) is 0 Å². The fourth-order valence-electron chi connectivity index (χ4n) is 1.78. The third-order valence-electron chi connectivity index (χ3n) is 2.13. The van der Waals surface area contributed by atoms with E-state index in [0.717, 1.165) is 0 Å². The van der Waals surface area contributed by atoms with Crippen LogP contribution in [0.1, 0.15) is 34.1 Å². The standard InChI is InChI=1S/C11H23NO/c1-8(2)7-10(13)11(9(3)4)12(5)6/h8-9,11H,7H2,1-6H3/t11-/m0/s1. The van der Waals surface area contributed by atoms with Gasteiger partial charge >= 0.3 is 0 Å². The first kappa shape index (κ1) is 12.6. The molecule has 0 spiro atoms. The Hall–Kier alpha value is -0.370. The second kappa shape index (κ2) is 5.38. The zero-order valence-electron chi connectivity index (χ0n) is 9.79. The highest BCUT2D eigenvalue weighted by molar-refractivity contribution is 5.84. The molecule has 0 aromatic heterocycles. The molecule has 0 saturated heterocycles. The van der Waals surface area contributed by atoms with Crippen molar-refractivity contribution in [2.24, 2.45) is 11.8 Å². The Morgan fingerprint density at radius 3 is 1.85 bits per heavy atom. The fourth-order valence-corrected chi connectivity index (χ4v) is 1.78. The van der Waals surface area contributed by atoms with Gasteiger partial charge in [-0.25, -0.2) is 0 Å². The van der Waals surface area contributed by atoms with Crippen molar-refractivity contribution in [2.75, 3.05) is 14.1 Å². The van der Waals surface area contributed by atoms with E-state index in [1.165, 1.54) is 0 Å². The number of carbonyl (C=O) groups excluding carboxylic acids is 1. The van der Waals surface area contributed by atoms with E-state index in [1.54, 1.807) is 0 Å².